The highest BCUT2D eigenvalue weighted by Gasteiger charge is 2.13. The maximum absolute atomic E-state index is 11.0. The molecule has 0 bridgehead atoms. The fraction of sp³-hybridized carbons (Fsp3) is 0.500. The van der Waals surface area contributed by atoms with Crippen molar-refractivity contribution >= 4 is 24.1 Å². The molecule has 6 heteroatoms. The Morgan fingerprint density at radius 3 is 2.67 bits per heavy atom. The highest BCUT2D eigenvalue weighted by Crippen LogP contribution is 2.05. The molecule has 5 nitrogen and oxygen atoms in total. The van der Waals surface area contributed by atoms with Gasteiger partial charge in [0, 0.05) is 31.4 Å². The van der Waals surface area contributed by atoms with Crippen molar-refractivity contribution in [1.82, 2.24) is 4.68 Å². The van der Waals surface area contributed by atoms with Gasteiger partial charge in [-0.15, -0.1) is 12.4 Å². The van der Waals surface area contributed by atoms with Crippen LogP contribution in [0.3, 0.4) is 0 Å². The van der Waals surface area contributed by atoms with Gasteiger partial charge in [0.25, 0.3) is 0 Å². The fourth-order valence-corrected chi connectivity index (χ4v) is 1.65. The van der Waals surface area contributed by atoms with Gasteiger partial charge in [-0.1, -0.05) is 6.92 Å². The molecule has 0 aromatic carbocycles. The molecule has 2 N–H and O–H groups in total. The average Bonchev–Trinajstić information content (AvgIpc) is 2.78. The van der Waals surface area contributed by atoms with Gasteiger partial charge in [-0.25, -0.2) is 4.79 Å². The maximum atomic E-state index is 11.0. The van der Waals surface area contributed by atoms with E-state index >= 15 is 0 Å². The molecule has 1 aromatic heterocycles. The lowest BCUT2D eigenvalue weighted by Gasteiger charge is -2.25. The standard InChI is InChI=1S/C12H19N3O2.ClH/c1-3-10(13)7-9-14(4-2)15-8-5-6-11(15)12(16)17;/h5-6,8,13H,3-4,7,9H2,1-2H3,(H,16,17);1H. The summed E-state index contributed by atoms with van der Waals surface area (Å²) in [6, 6.07) is 3.30. The zero-order valence-corrected chi connectivity index (χ0v) is 11.5. The lowest BCUT2D eigenvalue weighted by molar-refractivity contribution is 0.0684. The quantitative estimate of drug-likeness (QED) is 0.750. The smallest absolute Gasteiger partial charge is 0.354 e. The predicted molar refractivity (Wildman–Crippen MR) is 74.9 cm³/mol. The molecule has 0 spiro atoms. The van der Waals surface area contributed by atoms with Gasteiger partial charge in [0.05, 0.1) is 0 Å². The van der Waals surface area contributed by atoms with Crippen molar-refractivity contribution in [3.8, 4) is 0 Å². The normalized spacial score (nSPS) is 9.67. The number of hydrogen-bond acceptors (Lipinski definition) is 3. The van der Waals surface area contributed by atoms with Gasteiger partial charge in [0.2, 0.25) is 0 Å². The summed E-state index contributed by atoms with van der Waals surface area (Å²) in [4.78, 5) is 11.0. The first kappa shape index (κ1) is 16.5. The Hall–Kier alpha value is -1.49. The molecule has 102 valence electrons. The summed E-state index contributed by atoms with van der Waals surface area (Å²) in [6.45, 7) is 5.31. The van der Waals surface area contributed by atoms with Crippen molar-refractivity contribution in [3.63, 3.8) is 0 Å². The maximum Gasteiger partial charge on any atom is 0.354 e. The molecule has 1 rings (SSSR count). The first-order valence-corrected chi connectivity index (χ1v) is 5.82. The summed E-state index contributed by atoms with van der Waals surface area (Å²) in [5.74, 6) is -0.931. The molecule has 0 aliphatic heterocycles. The lowest BCUT2D eigenvalue weighted by Crippen LogP contribution is -2.37. The van der Waals surface area contributed by atoms with Crippen molar-refractivity contribution in [2.75, 3.05) is 18.1 Å². The van der Waals surface area contributed by atoms with E-state index in [2.05, 4.69) is 0 Å². The molecule has 18 heavy (non-hydrogen) atoms. The number of nitrogens with zero attached hydrogens (tertiary/aromatic N) is 2. The molecule has 1 heterocycles. The van der Waals surface area contributed by atoms with Crippen LogP contribution < -0.4 is 5.01 Å². The highest BCUT2D eigenvalue weighted by atomic mass is 35.5. The molecular formula is C12H20ClN3O2. The Morgan fingerprint density at radius 1 is 1.50 bits per heavy atom. The number of carboxylic acids is 1. The van der Waals surface area contributed by atoms with Crippen molar-refractivity contribution in [2.45, 2.75) is 26.7 Å². The molecule has 0 aliphatic carbocycles. The minimum atomic E-state index is -0.931. The zero-order chi connectivity index (χ0) is 12.8. The second-order valence-corrected chi connectivity index (χ2v) is 3.80. The molecule has 0 amide bonds. The van der Waals surface area contributed by atoms with E-state index in [-0.39, 0.29) is 18.1 Å². The number of aromatic nitrogens is 1. The van der Waals surface area contributed by atoms with Crippen LogP contribution in [0.5, 0.6) is 0 Å². The Bertz CT molecular complexity index is 404. The summed E-state index contributed by atoms with van der Waals surface area (Å²) < 4.78 is 1.64. The molecular weight excluding hydrogens is 254 g/mol. The number of carboxylic acid groups (broad SMARTS) is 1. The minimum absolute atomic E-state index is 0. The van der Waals surface area contributed by atoms with Gasteiger partial charge in [0.15, 0.2) is 0 Å². The van der Waals surface area contributed by atoms with E-state index in [0.29, 0.717) is 25.2 Å². The lowest BCUT2D eigenvalue weighted by atomic mass is 10.2. The average molecular weight is 274 g/mol. The molecule has 0 radical (unpaired) electrons. The van der Waals surface area contributed by atoms with Gasteiger partial charge in [-0.05, 0) is 25.5 Å². The Kier molecular flexibility index (Phi) is 7.12. The third-order valence-electron chi connectivity index (χ3n) is 2.72. The molecule has 0 fully saturated rings. The van der Waals surface area contributed by atoms with E-state index < -0.39 is 5.97 Å². The first-order chi connectivity index (χ1) is 8.10. The van der Waals surface area contributed by atoms with Crippen LogP contribution in [0.25, 0.3) is 0 Å². The van der Waals surface area contributed by atoms with Gasteiger partial charge < -0.3 is 15.5 Å². The molecule has 0 saturated carbocycles. The Labute approximate surface area is 113 Å². The third kappa shape index (κ3) is 4.07. The number of rotatable bonds is 7. The van der Waals surface area contributed by atoms with Gasteiger partial charge in [-0.3, -0.25) is 4.68 Å². The van der Waals surface area contributed by atoms with Gasteiger partial charge in [0.1, 0.15) is 5.69 Å². The van der Waals surface area contributed by atoms with Crippen LogP contribution in [0.15, 0.2) is 18.3 Å². The number of carbonyl (C=O) groups is 1. The van der Waals surface area contributed by atoms with Crippen LogP contribution in [-0.2, 0) is 0 Å². The van der Waals surface area contributed by atoms with E-state index in [9.17, 15) is 4.79 Å². The summed E-state index contributed by atoms with van der Waals surface area (Å²) in [6.07, 6.45) is 3.15. The van der Waals surface area contributed by atoms with Crippen LogP contribution in [0.1, 0.15) is 37.2 Å². The number of nitrogens with one attached hydrogen (secondary N) is 1. The predicted octanol–water partition coefficient (Wildman–Crippen LogP) is 2.39. The third-order valence-corrected chi connectivity index (χ3v) is 2.72. The Morgan fingerprint density at radius 2 is 2.17 bits per heavy atom. The van der Waals surface area contributed by atoms with E-state index in [1.807, 2.05) is 18.9 Å². The van der Waals surface area contributed by atoms with Crippen molar-refractivity contribution in [1.29, 1.82) is 5.41 Å². The largest absolute Gasteiger partial charge is 0.477 e. The molecule has 1 aromatic rings. The molecule has 0 atom stereocenters. The summed E-state index contributed by atoms with van der Waals surface area (Å²) in [7, 11) is 0. The van der Waals surface area contributed by atoms with Crippen molar-refractivity contribution < 1.29 is 9.90 Å². The SMILES string of the molecule is CCC(=N)CCN(CC)n1cccc1C(=O)O.Cl. The second-order valence-electron chi connectivity index (χ2n) is 3.80. The molecule has 0 aliphatic rings. The van der Waals surface area contributed by atoms with Gasteiger partial charge >= 0.3 is 5.97 Å². The van der Waals surface area contributed by atoms with Crippen LogP contribution >= 0.6 is 12.4 Å². The highest BCUT2D eigenvalue weighted by molar-refractivity contribution is 5.86. The minimum Gasteiger partial charge on any atom is -0.477 e. The van der Waals surface area contributed by atoms with E-state index in [4.69, 9.17) is 10.5 Å². The first-order valence-electron chi connectivity index (χ1n) is 5.82. The van der Waals surface area contributed by atoms with E-state index in [1.165, 1.54) is 0 Å². The van der Waals surface area contributed by atoms with Crippen LogP contribution in [0.4, 0.5) is 0 Å². The fourth-order valence-electron chi connectivity index (χ4n) is 1.65. The summed E-state index contributed by atoms with van der Waals surface area (Å²) in [5, 5.41) is 18.6. The number of halogens is 1. The zero-order valence-electron chi connectivity index (χ0n) is 10.7. The van der Waals surface area contributed by atoms with Gasteiger partial charge in [-0.2, -0.15) is 0 Å². The topological polar surface area (TPSA) is 69.3 Å². The summed E-state index contributed by atoms with van der Waals surface area (Å²) >= 11 is 0. The van der Waals surface area contributed by atoms with Crippen LogP contribution in [-0.4, -0.2) is 34.6 Å². The molecule has 0 saturated heterocycles. The second kappa shape index (κ2) is 7.76. The molecule has 0 unspecified atom stereocenters. The monoisotopic (exact) mass is 273 g/mol. The van der Waals surface area contributed by atoms with Crippen LogP contribution in [0, 0.1) is 5.41 Å². The van der Waals surface area contributed by atoms with Crippen LogP contribution in [0.2, 0.25) is 0 Å². The van der Waals surface area contributed by atoms with Crippen molar-refractivity contribution in [2.24, 2.45) is 0 Å². The van der Waals surface area contributed by atoms with E-state index in [0.717, 1.165) is 6.42 Å². The van der Waals surface area contributed by atoms with E-state index in [1.54, 1.807) is 23.0 Å². The number of hydrogen-bond donors (Lipinski definition) is 2. The van der Waals surface area contributed by atoms with Crippen molar-refractivity contribution in [3.05, 3.63) is 24.0 Å². The summed E-state index contributed by atoms with van der Waals surface area (Å²) in [5.41, 5.74) is 0.947. The Balaban J connectivity index is 0.00000289. The number of aromatic carboxylic acids is 1.